The molecule has 0 saturated carbocycles. The zero-order chi connectivity index (χ0) is 13.8. The van der Waals surface area contributed by atoms with Crippen LogP contribution in [-0.4, -0.2) is 15.8 Å². The van der Waals surface area contributed by atoms with Crippen LogP contribution in [-0.2, 0) is 13.1 Å². The summed E-state index contributed by atoms with van der Waals surface area (Å²) >= 11 is 6.14. The van der Waals surface area contributed by atoms with E-state index >= 15 is 0 Å². The Balaban J connectivity index is 2.40. The van der Waals surface area contributed by atoms with E-state index in [1.165, 1.54) is 5.56 Å². The zero-order valence-corrected chi connectivity index (χ0v) is 12.4. The van der Waals surface area contributed by atoms with Crippen LogP contribution in [0.4, 0.5) is 0 Å². The number of halogens is 1. The third-order valence-corrected chi connectivity index (χ3v) is 3.30. The fourth-order valence-corrected chi connectivity index (χ4v) is 2.24. The number of nitrogens with one attached hydrogen (secondary N) is 1. The van der Waals surface area contributed by atoms with E-state index in [9.17, 15) is 0 Å². The molecule has 4 heteroatoms. The number of hydrogen-bond acceptors (Lipinski definition) is 2. The van der Waals surface area contributed by atoms with Gasteiger partial charge in [0.1, 0.15) is 0 Å². The Hall–Kier alpha value is -1.32. The van der Waals surface area contributed by atoms with Gasteiger partial charge in [-0.1, -0.05) is 31.5 Å². The predicted molar refractivity (Wildman–Crippen MR) is 80.3 cm³/mol. The average molecular weight is 278 g/mol. The molecule has 0 saturated heterocycles. The van der Waals surface area contributed by atoms with E-state index < -0.39 is 0 Å². The van der Waals surface area contributed by atoms with Crippen LogP contribution >= 0.6 is 11.6 Å². The predicted octanol–water partition coefficient (Wildman–Crippen LogP) is 3.72. The molecule has 0 aliphatic heterocycles. The maximum atomic E-state index is 6.14. The minimum atomic E-state index is 0.458. The van der Waals surface area contributed by atoms with Crippen molar-refractivity contribution < 1.29 is 0 Å². The number of hydrogen-bond donors (Lipinski definition) is 1. The molecule has 1 heterocycles. The lowest BCUT2D eigenvalue weighted by atomic mass is 10.0. The van der Waals surface area contributed by atoms with Crippen LogP contribution in [0.2, 0.25) is 5.02 Å². The lowest BCUT2D eigenvalue weighted by Gasteiger charge is -2.14. The largest absolute Gasteiger partial charge is 0.310 e. The molecular weight excluding hydrogens is 258 g/mol. The topological polar surface area (TPSA) is 29.9 Å². The molecule has 0 atom stereocenters. The van der Waals surface area contributed by atoms with Crippen LogP contribution in [0, 0.1) is 0 Å². The number of aromatic nitrogens is 2. The number of nitrogens with zero attached hydrogens (tertiary/aromatic N) is 2. The van der Waals surface area contributed by atoms with Crippen LogP contribution in [0.1, 0.15) is 26.3 Å². The smallest absolute Gasteiger partial charge is 0.0685 e. The van der Waals surface area contributed by atoms with Crippen LogP contribution in [0.5, 0.6) is 0 Å². The van der Waals surface area contributed by atoms with Crippen molar-refractivity contribution in [2.75, 3.05) is 0 Å². The molecule has 102 valence electrons. The van der Waals surface area contributed by atoms with Crippen LogP contribution in [0.15, 0.2) is 30.5 Å². The zero-order valence-electron chi connectivity index (χ0n) is 11.7. The molecule has 0 amide bonds. The van der Waals surface area contributed by atoms with E-state index in [0.29, 0.717) is 6.04 Å². The lowest BCUT2D eigenvalue weighted by molar-refractivity contribution is 0.588. The fraction of sp³-hybridized carbons (Fsp3) is 0.400. The Bertz CT molecular complexity index is 546. The molecule has 0 aliphatic rings. The maximum Gasteiger partial charge on any atom is 0.0685 e. The lowest BCUT2D eigenvalue weighted by Crippen LogP contribution is -2.22. The highest BCUT2D eigenvalue weighted by Crippen LogP contribution is 2.27. The van der Waals surface area contributed by atoms with Crippen LogP contribution in [0.25, 0.3) is 11.3 Å². The summed E-state index contributed by atoms with van der Waals surface area (Å²) in [6.45, 7) is 8.07. The summed E-state index contributed by atoms with van der Waals surface area (Å²) in [6.07, 6.45) is 1.83. The van der Waals surface area contributed by atoms with E-state index in [2.05, 4.69) is 37.3 Å². The normalized spacial score (nSPS) is 11.2. The first kappa shape index (κ1) is 14.1. The number of rotatable bonds is 5. The third-order valence-electron chi connectivity index (χ3n) is 3.06. The van der Waals surface area contributed by atoms with Gasteiger partial charge in [0.05, 0.1) is 5.69 Å². The highest BCUT2D eigenvalue weighted by Gasteiger charge is 2.10. The molecule has 0 aliphatic carbocycles. The standard InChI is InChI=1S/C15H20ClN3/c1-4-19-15(7-8-18-19)14-9-13(16)6-5-12(14)10-17-11(2)3/h5-9,11,17H,4,10H2,1-3H3. The highest BCUT2D eigenvalue weighted by atomic mass is 35.5. The van der Waals surface area contributed by atoms with Gasteiger partial charge in [0.15, 0.2) is 0 Å². The quantitative estimate of drug-likeness (QED) is 0.903. The molecule has 1 N–H and O–H groups in total. The summed E-state index contributed by atoms with van der Waals surface area (Å²) in [5.74, 6) is 0. The van der Waals surface area contributed by atoms with Crippen molar-refractivity contribution in [2.24, 2.45) is 0 Å². The molecule has 2 aromatic rings. The summed E-state index contributed by atoms with van der Waals surface area (Å²) in [4.78, 5) is 0. The Kier molecular flexibility index (Phi) is 4.61. The Labute approximate surface area is 119 Å². The van der Waals surface area contributed by atoms with Gasteiger partial charge in [0.2, 0.25) is 0 Å². The van der Waals surface area contributed by atoms with Gasteiger partial charge in [-0.3, -0.25) is 4.68 Å². The molecule has 0 fully saturated rings. The molecule has 1 aromatic heterocycles. The van der Waals surface area contributed by atoms with Gasteiger partial charge in [-0.05, 0) is 30.7 Å². The molecule has 3 nitrogen and oxygen atoms in total. The van der Waals surface area contributed by atoms with Crippen molar-refractivity contribution in [1.29, 1.82) is 0 Å². The van der Waals surface area contributed by atoms with Gasteiger partial charge in [-0.15, -0.1) is 0 Å². The van der Waals surface area contributed by atoms with Gasteiger partial charge in [-0.2, -0.15) is 5.10 Å². The second-order valence-corrected chi connectivity index (χ2v) is 5.31. The first-order valence-corrected chi connectivity index (χ1v) is 7.03. The molecule has 0 radical (unpaired) electrons. The van der Waals surface area contributed by atoms with E-state index in [1.54, 1.807) is 0 Å². The van der Waals surface area contributed by atoms with Crippen molar-refractivity contribution >= 4 is 11.6 Å². The first-order valence-electron chi connectivity index (χ1n) is 6.65. The molecule has 0 unspecified atom stereocenters. The monoisotopic (exact) mass is 277 g/mol. The molecule has 1 aromatic carbocycles. The van der Waals surface area contributed by atoms with Crippen molar-refractivity contribution in [3.8, 4) is 11.3 Å². The highest BCUT2D eigenvalue weighted by molar-refractivity contribution is 6.30. The number of benzene rings is 1. The Morgan fingerprint density at radius 3 is 2.79 bits per heavy atom. The van der Waals surface area contributed by atoms with E-state index in [1.807, 2.05) is 29.1 Å². The van der Waals surface area contributed by atoms with E-state index in [4.69, 9.17) is 11.6 Å². The van der Waals surface area contributed by atoms with Gasteiger partial charge in [-0.25, -0.2) is 0 Å². The number of aryl methyl sites for hydroxylation is 1. The van der Waals surface area contributed by atoms with Gasteiger partial charge in [0, 0.05) is 35.9 Å². The molecule has 19 heavy (non-hydrogen) atoms. The van der Waals surface area contributed by atoms with Gasteiger partial charge >= 0.3 is 0 Å². The molecular formula is C15H20ClN3. The molecule has 0 spiro atoms. The fourth-order valence-electron chi connectivity index (χ4n) is 2.07. The summed E-state index contributed by atoms with van der Waals surface area (Å²) in [5.41, 5.74) is 3.51. The second-order valence-electron chi connectivity index (χ2n) is 4.87. The Morgan fingerprint density at radius 2 is 2.11 bits per heavy atom. The molecule has 0 bridgehead atoms. The minimum Gasteiger partial charge on any atom is -0.310 e. The van der Waals surface area contributed by atoms with Gasteiger partial charge < -0.3 is 5.32 Å². The van der Waals surface area contributed by atoms with Crippen molar-refractivity contribution in [3.63, 3.8) is 0 Å². The van der Waals surface area contributed by atoms with E-state index in [-0.39, 0.29) is 0 Å². The first-order chi connectivity index (χ1) is 9.11. The van der Waals surface area contributed by atoms with Crippen molar-refractivity contribution in [2.45, 2.75) is 39.9 Å². The Morgan fingerprint density at radius 1 is 1.32 bits per heavy atom. The van der Waals surface area contributed by atoms with Crippen molar-refractivity contribution in [3.05, 3.63) is 41.0 Å². The average Bonchev–Trinajstić information content (AvgIpc) is 2.85. The summed E-state index contributed by atoms with van der Waals surface area (Å²) in [6, 6.07) is 8.53. The second kappa shape index (κ2) is 6.22. The third kappa shape index (κ3) is 3.37. The minimum absolute atomic E-state index is 0.458. The van der Waals surface area contributed by atoms with Crippen LogP contribution < -0.4 is 5.32 Å². The summed E-state index contributed by atoms with van der Waals surface area (Å²) in [5, 5.41) is 8.54. The summed E-state index contributed by atoms with van der Waals surface area (Å²) < 4.78 is 1.99. The summed E-state index contributed by atoms with van der Waals surface area (Å²) in [7, 11) is 0. The van der Waals surface area contributed by atoms with E-state index in [0.717, 1.165) is 29.4 Å². The van der Waals surface area contributed by atoms with Crippen molar-refractivity contribution in [1.82, 2.24) is 15.1 Å². The maximum absolute atomic E-state index is 6.14. The molecule has 2 rings (SSSR count). The van der Waals surface area contributed by atoms with Gasteiger partial charge in [0.25, 0.3) is 0 Å². The van der Waals surface area contributed by atoms with Crippen LogP contribution in [0.3, 0.4) is 0 Å². The SMILES string of the molecule is CCn1nccc1-c1cc(Cl)ccc1CNC(C)C.